The molecule has 4 nitrogen and oxygen atoms in total. The molecule has 1 unspecified atom stereocenters. The van der Waals surface area contributed by atoms with Crippen LogP contribution in [-0.4, -0.2) is 17.0 Å². The minimum absolute atomic E-state index is 0.0575. The van der Waals surface area contributed by atoms with E-state index in [0.29, 0.717) is 5.69 Å². The van der Waals surface area contributed by atoms with Crippen molar-refractivity contribution in [3.8, 4) is 0 Å². The molecule has 0 aliphatic heterocycles. The van der Waals surface area contributed by atoms with Crippen LogP contribution in [0.5, 0.6) is 0 Å². The number of aryl methyl sites for hydroxylation is 1. The molecule has 0 heterocycles. The van der Waals surface area contributed by atoms with Crippen molar-refractivity contribution in [3.05, 3.63) is 29.3 Å². The first kappa shape index (κ1) is 16.2. The van der Waals surface area contributed by atoms with E-state index in [-0.39, 0.29) is 17.4 Å². The van der Waals surface area contributed by atoms with Crippen molar-refractivity contribution in [1.29, 1.82) is 0 Å². The molecule has 1 rings (SSSR count). The molecule has 1 atom stereocenters. The van der Waals surface area contributed by atoms with Gasteiger partial charge >= 0.3 is 5.97 Å². The third kappa shape index (κ3) is 4.37. The number of nitrogens with one attached hydrogen (secondary N) is 1. The van der Waals surface area contributed by atoms with Gasteiger partial charge in [0.2, 0.25) is 5.91 Å². The number of amides is 1. The van der Waals surface area contributed by atoms with E-state index in [1.165, 1.54) is 0 Å². The normalized spacial score (nSPS) is 11.9. The number of carboxylic acids is 1. The molecule has 0 bridgehead atoms. The van der Waals surface area contributed by atoms with Gasteiger partial charge in [0, 0.05) is 5.92 Å². The van der Waals surface area contributed by atoms with E-state index in [1.807, 2.05) is 13.8 Å². The lowest BCUT2D eigenvalue weighted by atomic mass is 9.98. The standard InChI is InChI=1S/C16H23NO3/c1-4-6-7-12(5-2)15(18)17-14-9-8-11(3)10-13(14)16(19)20/h8-10,12H,4-7H2,1-3H3,(H,17,18)(H,19,20). The largest absolute Gasteiger partial charge is 0.478 e. The van der Waals surface area contributed by atoms with Crippen LogP contribution in [0.4, 0.5) is 5.69 Å². The topological polar surface area (TPSA) is 66.4 Å². The van der Waals surface area contributed by atoms with Crippen LogP contribution in [-0.2, 0) is 4.79 Å². The number of hydrogen-bond acceptors (Lipinski definition) is 2. The SMILES string of the molecule is CCCCC(CC)C(=O)Nc1ccc(C)cc1C(=O)O. The summed E-state index contributed by atoms with van der Waals surface area (Å²) in [7, 11) is 0. The second-order valence-electron chi connectivity index (χ2n) is 5.09. The van der Waals surface area contributed by atoms with Crippen molar-refractivity contribution < 1.29 is 14.7 Å². The van der Waals surface area contributed by atoms with E-state index < -0.39 is 5.97 Å². The van der Waals surface area contributed by atoms with Gasteiger partial charge in [0.25, 0.3) is 0 Å². The molecule has 0 aliphatic rings. The molecule has 2 N–H and O–H groups in total. The third-order valence-corrected chi connectivity index (χ3v) is 3.43. The van der Waals surface area contributed by atoms with Gasteiger partial charge in [-0.1, -0.05) is 38.3 Å². The smallest absolute Gasteiger partial charge is 0.337 e. The summed E-state index contributed by atoms with van der Waals surface area (Å²) < 4.78 is 0. The molecule has 1 aromatic carbocycles. The van der Waals surface area contributed by atoms with Gasteiger partial charge in [0.1, 0.15) is 0 Å². The Morgan fingerprint density at radius 1 is 1.30 bits per heavy atom. The van der Waals surface area contributed by atoms with Crippen LogP contribution in [0.3, 0.4) is 0 Å². The van der Waals surface area contributed by atoms with E-state index in [9.17, 15) is 14.7 Å². The lowest BCUT2D eigenvalue weighted by Crippen LogP contribution is -2.23. The van der Waals surface area contributed by atoms with Gasteiger partial charge < -0.3 is 10.4 Å². The molecule has 1 aromatic rings. The highest BCUT2D eigenvalue weighted by Gasteiger charge is 2.18. The molecular weight excluding hydrogens is 254 g/mol. The Morgan fingerprint density at radius 3 is 2.55 bits per heavy atom. The zero-order valence-corrected chi connectivity index (χ0v) is 12.4. The molecule has 0 saturated carbocycles. The molecule has 0 aliphatic carbocycles. The zero-order chi connectivity index (χ0) is 15.1. The van der Waals surface area contributed by atoms with Crippen molar-refractivity contribution in [1.82, 2.24) is 0 Å². The number of unbranched alkanes of at least 4 members (excludes halogenated alkanes) is 1. The minimum atomic E-state index is -1.02. The molecule has 0 aromatic heterocycles. The summed E-state index contributed by atoms with van der Waals surface area (Å²) in [4.78, 5) is 23.4. The minimum Gasteiger partial charge on any atom is -0.478 e. The van der Waals surface area contributed by atoms with Crippen molar-refractivity contribution in [3.63, 3.8) is 0 Å². The van der Waals surface area contributed by atoms with Crippen molar-refractivity contribution in [2.24, 2.45) is 5.92 Å². The summed E-state index contributed by atoms with van der Waals surface area (Å²) in [6.07, 6.45) is 3.66. The van der Waals surface area contributed by atoms with Crippen LogP contribution >= 0.6 is 0 Å². The summed E-state index contributed by atoms with van der Waals surface area (Å²) in [6, 6.07) is 5.03. The molecule has 0 spiro atoms. The first-order valence-electron chi connectivity index (χ1n) is 7.14. The Kier molecular flexibility index (Phi) is 6.22. The van der Waals surface area contributed by atoms with E-state index in [4.69, 9.17) is 0 Å². The van der Waals surface area contributed by atoms with Crippen molar-refractivity contribution >= 4 is 17.6 Å². The molecule has 110 valence electrons. The number of benzene rings is 1. The fraction of sp³-hybridized carbons (Fsp3) is 0.500. The highest BCUT2D eigenvalue weighted by Crippen LogP contribution is 2.20. The number of rotatable bonds is 7. The van der Waals surface area contributed by atoms with Crippen LogP contribution in [0.2, 0.25) is 0 Å². The van der Waals surface area contributed by atoms with Gasteiger partial charge in [-0.05, 0) is 31.9 Å². The lowest BCUT2D eigenvalue weighted by molar-refractivity contribution is -0.120. The number of carboxylic acid groups (broad SMARTS) is 1. The Morgan fingerprint density at radius 2 is 2.00 bits per heavy atom. The Labute approximate surface area is 120 Å². The Balaban J connectivity index is 2.86. The Hall–Kier alpha value is -1.84. The van der Waals surface area contributed by atoms with Gasteiger partial charge in [-0.25, -0.2) is 4.79 Å². The van der Waals surface area contributed by atoms with E-state index in [1.54, 1.807) is 18.2 Å². The monoisotopic (exact) mass is 277 g/mol. The van der Waals surface area contributed by atoms with Crippen molar-refractivity contribution in [2.45, 2.75) is 46.5 Å². The Bertz CT molecular complexity index is 483. The molecule has 4 heteroatoms. The molecule has 0 fully saturated rings. The molecule has 0 saturated heterocycles. The number of aromatic carboxylic acids is 1. The zero-order valence-electron chi connectivity index (χ0n) is 12.4. The van der Waals surface area contributed by atoms with Gasteiger partial charge in [-0.3, -0.25) is 4.79 Å². The fourth-order valence-electron chi connectivity index (χ4n) is 2.15. The number of carbonyl (C=O) groups excluding carboxylic acids is 1. The number of anilines is 1. The summed E-state index contributed by atoms with van der Waals surface area (Å²) in [5.74, 6) is -1.17. The second-order valence-corrected chi connectivity index (χ2v) is 5.09. The molecule has 0 radical (unpaired) electrons. The fourth-order valence-corrected chi connectivity index (χ4v) is 2.15. The van der Waals surface area contributed by atoms with Crippen molar-refractivity contribution in [2.75, 3.05) is 5.32 Å². The maximum atomic E-state index is 12.2. The first-order valence-corrected chi connectivity index (χ1v) is 7.14. The van der Waals surface area contributed by atoms with E-state index >= 15 is 0 Å². The molecule has 20 heavy (non-hydrogen) atoms. The van der Waals surface area contributed by atoms with Crippen LogP contribution in [0, 0.1) is 12.8 Å². The average molecular weight is 277 g/mol. The summed E-state index contributed by atoms with van der Waals surface area (Å²) >= 11 is 0. The maximum Gasteiger partial charge on any atom is 0.337 e. The predicted molar refractivity (Wildman–Crippen MR) is 80.1 cm³/mol. The quantitative estimate of drug-likeness (QED) is 0.795. The van der Waals surface area contributed by atoms with Gasteiger partial charge in [-0.15, -0.1) is 0 Å². The molecular formula is C16H23NO3. The maximum absolute atomic E-state index is 12.2. The first-order chi connectivity index (χ1) is 9.49. The van der Waals surface area contributed by atoms with E-state index in [2.05, 4.69) is 12.2 Å². The lowest BCUT2D eigenvalue weighted by Gasteiger charge is -2.16. The highest BCUT2D eigenvalue weighted by molar-refractivity contribution is 6.01. The van der Waals surface area contributed by atoms with Crippen LogP contribution in [0.25, 0.3) is 0 Å². The third-order valence-electron chi connectivity index (χ3n) is 3.43. The predicted octanol–water partition coefficient (Wildman–Crippen LogP) is 3.85. The number of hydrogen-bond donors (Lipinski definition) is 2. The second kappa shape index (κ2) is 7.68. The highest BCUT2D eigenvalue weighted by atomic mass is 16.4. The number of carbonyl (C=O) groups is 2. The van der Waals surface area contributed by atoms with Gasteiger partial charge in [0.05, 0.1) is 11.3 Å². The summed E-state index contributed by atoms with van der Waals surface area (Å²) in [5.41, 5.74) is 1.38. The van der Waals surface area contributed by atoms with Gasteiger partial charge in [0.15, 0.2) is 0 Å². The van der Waals surface area contributed by atoms with Gasteiger partial charge in [-0.2, -0.15) is 0 Å². The van der Waals surface area contributed by atoms with E-state index in [0.717, 1.165) is 31.2 Å². The summed E-state index contributed by atoms with van der Waals surface area (Å²) in [5, 5.41) is 11.9. The van der Waals surface area contributed by atoms with Crippen LogP contribution < -0.4 is 5.32 Å². The van der Waals surface area contributed by atoms with Crippen LogP contribution in [0.15, 0.2) is 18.2 Å². The summed E-state index contributed by atoms with van der Waals surface area (Å²) in [6.45, 7) is 5.90. The average Bonchev–Trinajstić information content (AvgIpc) is 2.41. The van der Waals surface area contributed by atoms with Crippen LogP contribution in [0.1, 0.15) is 55.5 Å². The molecule has 1 amide bonds.